The van der Waals surface area contributed by atoms with Crippen molar-refractivity contribution >= 4 is 21.4 Å². The van der Waals surface area contributed by atoms with Crippen molar-refractivity contribution in [2.45, 2.75) is 12.5 Å². The molecule has 0 saturated heterocycles. The largest absolute Gasteiger partial charge is 0.382 e. The Hall–Kier alpha value is -2.05. The standard InChI is InChI=1S/C17H22N2O3S/c1-22-17(12-14-6-4-3-5-7-14)13-18-15-8-10-16(11-9-15)19-23(2,20)21/h3-11,17-19H,12-13H2,1-2H3. The summed E-state index contributed by atoms with van der Waals surface area (Å²) in [6, 6.07) is 17.3. The molecule has 0 fully saturated rings. The van der Waals surface area contributed by atoms with Gasteiger partial charge in [-0.3, -0.25) is 4.72 Å². The van der Waals surface area contributed by atoms with Gasteiger partial charge in [-0.05, 0) is 29.8 Å². The molecule has 23 heavy (non-hydrogen) atoms. The quantitative estimate of drug-likeness (QED) is 0.779. The molecular weight excluding hydrogens is 312 g/mol. The molecule has 2 rings (SSSR count). The van der Waals surface area contributed by atoms with Crippen LogP contribution in [-0.4, -0.2) is 34.4 Å². The summed E-state index contributed by atoms with van der Waals surface area (Å²) in [4.78, 5) is 0. The van der Waals surface area contributed by atoms with Gasteiger partial charge in [0.2, 0.25) is 10.0 Å². The molecule has 5 nitrogen and oxygen atoms in total. The lowest BCUT2D eigenvalue weighted by molar-refractivity contribution is 0.113. The molecule has 1 unspecified atom stereocenters. The van der Waals surface area contributed by atoms with Crippen molar-refractivity contribution in [2.24, 2.45) is 0 Å². The first-order valence-corrected chi connectivity index (χ1v) is 9.24. The third kappa shape index (κ3) is 6.30. The number of hydrogen-bond donors (Lipinski definition) is 2. The fourth-order valence-corrected chi connectivity index (χ4v) is 2.78. The van der Waals surface area contributed by atoms with Crippen molar-refractivity contribution in [1.82, 2.24) is 0 Å². The Balaban J connectivity index is 1.88. The highest BCUT2D eigenvalue weighted by molar-refractivity contribution is 7.92. The molecule has 0 bridgehead atoms. The Morgan fingerprint density at radius 1 is 1.00 bits per heavy atom. The van der Waals surface area contributed by atoms with Gasteiger partial charge in [-0.25, -0.2) is 8.42 Å². The Morgan fingerprint density at radius 2 is 1.61 bits per heavy atom. The molecular formula is C17H22N2O3S. The first-order chi connectivity index (χ1) is 11.0. The monoisotopic (exact) mass is 334 g/mol. The van der Waals surface area contributed by atoms with Crippen molar-refractivity contribution in [2.75, 3.05) is 29.9 Å². The molecule has 1 atom stereocenters. The number of sulfonamides is 1. The molecule has 2 aromatic rings. The van der Waals surface area contributed by atoms with Gasteiger partial charge in [-0.1, -0.05) is 30.3 Å². The number of hydrogen-bond acceptors (Lipinski definition) is 4. The number of nitrogens with one attached hydrogen (secondary N) is 2. The van der Waals surface area contributed by atoms with Gasteiger partial charge in [0, 0.05) is 31.5 Å². The molecule has 0 aliphatic rings. The van der Waals surface area contributed by atoms with Crippen LogP contribution in [0.4, 0.5) is 11.4 Å². The van der Waals surface area contributed by atoms with E-state index in [1.54, 1.807) is 19.2 Å². The van der Waals surface area contributed by atoms with E-state index in [-0.39, 0.29) is 6.10 Å². The fourth-order valence-electron chi connectivity index (χ4n) is 2.22. The molecule has 0 radical (unpaired) electrons. The average molecular weight is 334 g/mol. The topological polar surface area (TPSA) is 67.4 Å². The van der Waals surface area contributed by atoms with E-state index in [1.807, 2.05) is 30.3 Å². The van der Waals surface area contributed by atoms with Crippen LogP contribution in [-0.2, 0) is 21.2 Å². The predicted octanol–water partition coefficient (Wildman–Crippen LogP) is 2.73. The third-order valence-corrected chi connectivity index (χ3v) is 3.97. The predicted molar refractivity (Wildman–Crippen MR) is 94.3 cm³/mol. The van der Waals surface area contributed by atoms with E-state index in [0.717, 1.165) is 18.4 Å². The summed E-state index contributed by atoms with van der Waals surface area (Å²) < 4.78 is 30.3. The Labute approximate surface area is 137 Å². The van der Waals surface area contributed by atoms with Crippen LogP contribution < -0.4 is 10.0 Å². The smallest absolute Gasteiger partial charge is 0.229 e. The van der Waals surface area contributed by atoms with Gasteiger partial charge in [-0.2, -0.15) is 0 Å². The zero-order chi connectivity index (χ0) is 16.7. The Morgan fingerprint density at radius 3 is 2.17 bits per heavy atom. The van der Waals surface area contributed by atoms with Crippen LogP contribution in [0, 0.1) is 0 Å². The summed E-state index contributed by atoms with van der Waals surface area (Å²) >= 11 is 0. The second-order valence-electron chi connectivity index (χ2n) is 5.38. The molecule has 2 N–H and O–H groups in total. The van der Waals surface area contributed by atoms with E-state index < -0.39 is 10.0 Å². The number of benzene rings is 2. The van der Waals surface area contributed by atoms with Gasteiger partial charge in [0.1, 0.15) is 0 Å². The van der Waals surface area contributed by atoms with E-state index in [0.29, 0.717) is 12.2 Å². The van der Waals surface area contributed by atoms with Crippen LogP contribution in [0.1, 0.15) is 5.56 Å². The van der Waals surface area contributed by atoms with Crippen LogP contribution in [0.2, 0.25) is 0 Å². The molecule has 2 aromatic carbocycles. The highest BCUT2D eigenvalue weighted by Gasteiger charge is 2.08. The number of anilines is 2. The highest BCUT2D eigenvalue weighted by Crippen LogP contribution is 2.15. The van der Waals surface area contributed by atoms with Gasteiger partial charge < -0.3 is 10.1 Å². The van der Waals surface area contributed by atoms with Crippen LogP contribution >= 0.6 is 0 Å². The summed E-state index contributed by atoms with van der Waals surface area (Å²) in [6.45, 7) is 0.671. The van der Waals surface area contributed by atoms with Crippen molar-refractivity contribution in [3.05, 3.63) is 60.2 Å². The summed E-state index contributed by atoms with van der Waals surface area (Å²) in [5.74, 6) is 0. The molecule has 0 spiro atoms. The summed E-state index contributed by atoms with van der Waals surface area (Å²) in [5.41, 5.74) is 2.69. The maximum atomic E-state index is 11.2. The van der Waals surface area contributed by atoms with Gasteiger partial charge in [-0.15, -0.1) is 0 Å². The van der Waals surface area contributed by atoms with E-state index in [4.69, 9.17) is 4.74 Å². The molecule has 0 saturated carbocycles. The molecule has 0 heterocycles. The second kappa shape index (κ2) is 7.99. The first-order valence-electron chi connectivity index (χ1n) is 7.35. The SMILES string of the molecule is COC(CNc1ccc(NS(C)(=O)=O)cc1)Cc1ccccc1. The lowest BCUT2D eigenvalue weighted by Crippen LogP contribution is -2.24. The Kier molecular flexibility index (Phi) is 6.01. The molecule has 0 aromatic heterocycles. The first kappa shape index (κ1) is 17.3. The summed E-state index contributed by atoms with van der Waals surface area (Å²) in [7, 11) is -1.54. The lowest BCUT2D eigenvalue weighted by Gasteiger charge is -2.17. The average Bonchev–Trinajstić information content (AvgIpc) is 2.52. The van der Waals surface area contributed by atoms with Crippen LogP contribution in [0.15, 0.2) is 54.6 Å². The molecule has 6 heteroatoms. The zero-order valence-electron chi connectivity index (χ0n) is 13.3. The van der Waals surface area contributed by atoms with E-state index in [2.05, 4.69) is 22.2 Å². The van der Waals surface area contributed by atoms with Gasteiger partial charge in [0.05, 0.1) is 12.4 Å². The number of ether oxygens (including phenoxy) is 1. The normalized spacial score (nSPS) is 12.6. The van der Waals surface area contributed by atoms with Crippen molar-refractivity contribution in [1.29, 1.82) is 0 Å². The summed E-state index contributed by atoms with van der Waals surface area (Å²) in [5, 5.41) is 3.30. The maximum Gasteiger partial charge on any atom is 0.229 e. The van der Waals surface area contributed by atoms with Crippen molar-refractivity contribution in [3.8, 4) is 0 Å². The van der Waals surface area contributed by atoms with Crippen LogP contribution in [0.25, 0.3) is 0 Å². The second-order valence-corrected chi connectivity index (χ2v) is 7.13. The van der Waals surface area contributed by atoms with Gasteiger partial charge >= 0.3 is 0 Å². The molecule has 0 amide bonds. The van der Waals surface area contributed by atoms with Crippen molar-refractivity contribution < 1.29 is 13.2 Å². The minimum absolute atomic E-state index is 0.0613. The highest BCUT2D eigenvalue weighted by atomic mass is 32.2. The molecule has 0 aliphatic carbocycles. The Bertz CT molecular complexity index is 700. The van der Waals surface area contributed by atoms with Crippen molar-refractivity contribution in [3.63, 3.8) is 0 Å². The fraction of sp³-hybridized carbons (Fsp3) is 0.294. The summed E-state index contributed by atoms with van der Waals surface area (Å²) in [6.07, 6.45) is 2.02. The van der Waals surface area contributed by atoms with Gasteiger partial charge in [0.25, 0.3) is 0 Å². The van der Waals surface area contributed by atoms with Gasteiger partial charge in [0.15, 0.2) is 0 Å². The van der Waals surface area contributed by atoms with E-state index in [1.165, 1.54) is 5.56 Å². The number of rotatable bonds is 8. The molecule has 124 valence electrons. The third-order valence-electron chi connectivity index (χ3n) is 3.36. The van der Waals surface area contributed by atoms with Crippen LogP contribution in [0.3, 0.4) is 0 Å². The maximum absolute atomic E-state index is 11.2. The molecule has 0 aliphatic heterocycles. The van der Waals surface area contributed by atoms with E-state index >= 15 is 0 Å². The minimum Gasteiger partial charge on any atom is -0.382 e. The van der Waals surface area contributed by atoms with E-state index in [9.17, 15) is 8.42 Å². The zero-order valence-corrected chi connectivity index (χ0v) is 14.1. The van der Waals surface area contributed by atoms with Crippen LogP contribution in [0.5, 0.6) is 0 Å². The number of methoxy groups -OCH3 is 1. The minimum atomic E-state index is -3.24. The lowest BCUT2D eigenvalue weighted by atomic mass is 10.1.